The molecule has 0 aliphatic carbocycles. The van der Waals surface area contributed by atoms with Gasteiger partial charge in [-0.1, -0.05) is 22.0 Å². The van der Waals surface area contributed by atoms with Crippen molar-refractivity contribution in [3.8, 4) is 0 Å². The summed E-state index contributed by atoms with van der Waals surface area (Å²) in [4.78, 5) is 33.9. The summed E-state index contributed by atoms with van der Waals surface area (Å²) in [7, 11) is 0. The highest BCUT2D eigenvalue weighted by Gasteiger charge is 2.07. The number of amides is 1. The van der Waals surface area contributed by atoms with Crippen LogP contribution in [0.5, 0.6) is 0 Å². The number of esters is 2. The van der Waals surface area contributed by atoms with Crippen LogP contribution in [0.4, 0.5) is 5.69 Å². The van der Waals surface area contributed by atoms with E-state index in [0.717, 1.165) is 22.2 Å². The zero-order chi connectivity index (χ0) is 16.5. The van der Waals surface area contributed by atoms with Crippen LogP contribution >= 0.6 is 15.9 Å². The number of aryl methyl sites for hydroxylation is 1. The van der Waals surface area contributed by atoms with E-state index in [2.05, 4.69) is 26.0 Å². The average molecular weight is 370 g/mol. The second kappa shape index (κ2) is 8.99. The van der Waals surface area contributed by atoms with Crippen LogP contribution in [0.15, 0.2) is 34.8 Å². The molecule has 1 N–H and O–H groups in total. The lowest BCUT2D eigenvalue weighted by molar-refractivity contribution is -0.143. The van der Waals surface area contributed by atoms with Crippen molar-refractivity contribution in [1.82, 2.24) is 0 Å². The molecule has 22 heavy (non-hydrogen) atoms. The molecule has 0 spiro atoms. The van der Waals surface area contributed by atoms with Gasteiger partial charge in [-0.25, -0.2) is 9.59 Å². The van der Waals surface area contributed by atoms with Gasteiger partial charge in [0.2, 0.25) is 0 Å². The lowest BCUT2D eigenvalue weighted by atomic mass is 10.2. The number of ether oxygens (including phenoxy) is 2. The topological polar surface area (TPSA) is 81.7 Å². The SMILES string of the molecule is CCOC(=O)/C=C/C(=O)OCC(=O)Nc1ccc(C)c(Br)c1. The van der Waals surface area contributed by atoms with Crippen molar-refractivity contribution in [1.29, 1.82) is 0 Å². The maximum Gasteiger partial charge on any atom is 0.331 e. The zero-order valence-electron chi connectivity index (χ0n) is 12.2. The summed E-state index contributed by atoms with van der Waals surface area (Å²) in [5.74, 6) is -1.92. The van der Waals surface area contributed by atoms with Crippen LogP contribution < -0.4 is 5.32 Å². The number of hydrogen-bond donors (Lipinski definition) is 1. The maximum atomic E-state index is 11.6. The lowest BCUT2D eigenvalue weighted by Crippen LogP contribution is -2.20. The lowest BCUT2D eigenvalue weighted by Gasteiger charge is -2.07. The molecular weight excluding hydrogens is 354 g/mol. The Labute approximate surface area is 136 Å². The quantitative estimate of drug-likeness (QED) is 0.614. The zero-order valence-corrected chi connectivity index (χ0v) is 13.8. The molecule has 0 unspecified atom stereocenters. The first-order valence-electron chi connectivity index (χ1n) is 6.50. The van der Waals surface area contributed by atoms with Gasteiger partial charge in [0.05, 0.1) is 6.61 Å². The molecule has 0 saturated carbocycles. The van der Waals surface area contributed by atoms with Crippen molar-refractivity contribution in [3.05, 3.63) is 40.4 Å². The van der Waals surface area contributed by atoms with Gasteiger partial charge >= 0.3 is 11.9 Å². The Morgan fingerprint density at radius 2 is 1.82 bits per heavy atom. The number of hydrogen-bond acceptors (Lipinski definition) is 5. The molecule has 0 atom stereocenters. The number of rotatable bonds is 6. The van der Waals surface area contributed by atoms with E-state index in [1.165, 1.54) is 0 Å². The smallest absolute Gasteiger partial charge is 0.331 e. The van der Waals surface area contributed by atoms with Crippen LogP contribution in [0.1, 0.15) is 12.5 Å². The van der Waals surface area contributed by atoms with Crippen molar-refractivity contribution in [3.63, 3.8) is 0 Å². The second-order valence-electron chi connectivity index (χ2n) is 4.21. The van der Waals surface area contributed by atoms with Gasteiger partial charge < -0.3 is 14.8 Å². The van der Waals surface area contributed by atoms with Crippen molar-refractivity contribution in [2.45, 2.75) is 13.8 Å². The molecule has 118 valence electrons. The molecule has 1 aromatic rings. The molecule has 7 heteroatoms. The molecular formula is C15H16BrNO5. The molecule has 0 aliphatic heterocycles. The van der Waals surface area contributed by atoms with E-state index in [1.807, 2.05) is 13.0 Å². The fraction of sp³-hybridized carbons (Fsp3) is 0.267. The molecule has 1 amide bonds. The molecule has 0 radical (unpaired) electrons. The molecule has 0 heterocycles. The van der Waals surface area contributed by atoms with Gasteiger partial charge in [-0.05, 0) is 31.5 Å². The van der Waals surface area contributed by atoms with E-state index in [1.54, 1.807) is 19.1 Å². The Bertz CT molecular complexity index is 598. The molecule has 0 aliphatic rings. The van der Waals surface area contributed by atoms with Crippen LogP contribution in [0.3, 0.4) is 0 Å². The predicted molar refractivity (Wildman–Crippen MR) is 84.2 cm³/mol. The van der Waals surface area contributed by atoms with Crippen molar-refractivity contribution in [2.24, 2.45) is 0 Å². The van der Waals surface area contributed by atoms with Gasteiger partial charge in [0, 0.05) is 22.3 Å². The minimum atomic E-state index is -0.798. The minimum absolute atomic E-state index is 0.215. The van der Waals surface area contributed by atoms with Gasteiger partial charge in [0.25, 0.3) is 5.91 Å². The van der Waals surface area contributed by atoms with E-state index in [4.69, 9.17) is 4.74 Å². The van der Waals surface area contributed by atoms with Crippen LogP contribution in [0, 0.1) is 6.92 Å². The van der Waals surface area contributed by atoms with E-state index in [-0.39, 0.29) is 6.61 Å². The van der Waals surface area contributed by atoms with Crippen LogP contribution in [-0.4, -0.2) is 31.1 Å². The van der Waals surface area contributed by atoms with Crippen LogP contribution in [0.2, 0.25) is 0 Å². The minimum Gasteiger partial charge on any atom is -0.463 e. The van der Waals surface area contributed by atoms with Crippen LogP contribution in [-0.2, 0) is 23.9 Å². The number of benzene rings is 1. The van der Waals surface area contributed by atoms with Gasteiger partial charge in [0.1, 0.15) is 0 Å². The van der Waals surface area contributed by atoms with E-state index >= 15 is 0 Å². The Morgan fingerprint density at radius 1 is 1.18 bits per heavy atom. The normalized spacial score (nSPS) is 10.3. The highest BCUT2D eigenvalue weighted by molar-refractivity contribution is 9.10. The largest absolute Gasteiger partial charge is 0.463 e. The van der Waals surface area contributed by atoms with E-state index in [9.17, 15) is 14.4 Å². The fourth-order valence-corrected chi connectivity index (χ4v) is 1.76. The maximum absolute atomic E-state index is 11.6. The summed E-state index contributed by atoms with van der Waals surface area (Å²) in [5, 5.41) is 2.59. The standard InChI is InChI=1S/C15H16BrNO5/c1-3-21-14(19)6-7-15(20)22-9-13(18)17-11-5-4-10(2)12(16)8-11/h4-8H,3,9H2,1-2H3,(H,17,18)/b7-6+. The third-order valence-electron chi connectivity index (χ3n) is 2.44. The number of carbonyl (C=O) groups excluding carboxylic acids is 3. The predicted octanol–water partition coefficient (Wildman–Crippen LogP) is 2.36. The van der Waals surface area contributed by atoms with Gasteiger partial charge in [0.15, 0.2) is 6.61 Å². The summed E-state index contributed by atoms with van der Waals surface area (Å²) < 4.78 is 10.2. The van der Waals surface area contributed by atoms with Gasteiger partial charge in [-0.3, -0.25) is 4.79 Å². The molecule has 1 aromatic carbocycles. The molecule has 0 saturated heterocycles. The highest BCUT2D eigenvalue weighted by Crippen LogP contribution is 2.20. The Balaban J connectivity index is 2.41. The molecule has 0 bridgehead atoms. The third kappa shape index (κ3) is 6.53. The fourth-order valence-electron chi connectivity index (χ4n) is 1.38. The average Bonchev–Trinajstić information content (AvgIpc) is 2.47. The Kier molecular flexibility index (Phi) is 7.31. The van der Waals surface area contributed by atoms with Gasteiger partial charge in [-0.2, -0.15) is 0 Å². The first kappa shape index (κ1) is 17.9. The monoisotopic (exact) mass is 369 g/mol. The number of carbonyl (C=O) groups is 3. The number of halogens is 1. The summed E-state index contributed by atoms with van der Waals surface area (Å²) in [6.07, 6.45) is 1.86. The first-order valence-corrected chi connectivity index (χ1v) is 7.29. The summed E-state index contributed by atoms with van der Waals surface area (Å²) in [6.45, 7) is 3.34. The summed E-state index contributed by atoms with van der Waals surface area (Å²) in [5.41, 5.74) is 1.62. The molecule has 0 fully saturated rings. The molecule has 6 nitrogen and oxygen atoms in total. The van der Waals surface area contributed by atoms with Crippen LogP contribution in [0.25, 0.3) is 0 Å². The third-order valence-corrected chi connectivity index (χ3v) is 3.30. The van der Waals surface area contributed by atoms with E-state index < -0.39 is 24.5 Å². The Hall–Kier alpha value is -2.15. The first-order chi connectivity index (χ1) is 10.4. The number of nitrogens with one attached hydrogen (secondary N) is 1. The van der Waals surface area contributed by atoms with Gasteiger partial charge in [-0.15, -0.1) is 0 Å². The summed E-state index contributed by atoms with van der Waals surface area (Å²) in [6, 6.07) is 5.32. The van der Waals surface area contributed by atoms with Crippen molar-refractivity contribution < 1.29 is 23.9 Å². The molecule has 0 aromatic heterocycles. The Morgan fingerprint density at radius 3 is 2.41 bits per heavy atom. The number of anilines is 1. The second-order valence-corrected chi connectivity index (χ2v) is 5.06. The molecule has 1 rings (SSSR count). The van der Waals surface area contributed by atoms with Crippen molar-refractivity contribution >= 4 is 39.5 Å². The van der Waals surface area contributed by atoms with E-state index in [0.29, 0.717) is 5.69 Å². The van der Waals surface area contributed by atoms with Crippen molar-refractivity contribution in [2.75, 3.05) is 18.5 Å². The highest BCUT2D eigenvalue weighted by atomic mass is 79.9. The summed E-state index contributed by atoms with van der Waals surface area (Å²) >= 11 is 3.36.